The number of amides is 2. The first-order valence-corrected chi connectivity index (χ1v) is 8.57. The number of nitrogens with one attached hydrogen (secondary N) is 2. The topological polar surface area (TPSA) is 129 Å². The van der Waals surface area contributed by atoms with Crippen molar-refractivity contribution in [2.45, 2.75) is 32.1 Å². The van der Waals surface area contributed by atoms with Gasteiger partial charge in [-0.15, -0.1) is 0 Å². The molecule has 0 fully saturated rings. The van der Waals surface area contributed by atoms with Crippen molar-refractivity contribution in [1.29, 1.82) is 0 Å². The van der Waals surface area contributed by atoms with Gasteiger partial charge in [-0.2, -0.15) is 0 Å². The van der Waals surface area contributed by atoms with E-state index in [2.05, 4.69) is 20.1 Å². The summed E-state index contributed by atoms with van der Waals surface area (Å²) in [6, 6.07) is 0. The number of unbranched alkanes of at least 4 members (excludes halogenated alkanes) is 2. The van der Waals surface area contributed by atoms with Gasteiger partial charge in [0.05, 0.1) is 26.4 Å². The maximum absolute atomic E-state index is 11.3. The summed E-state index contributed by atoms with van der Waals surface area (Å²) in [5, 5.41) is 5.01. The van der Waals surface area contributed by atoms with Crippen LogP contribution in [-0.4, -0.2) is 79.1 Å². The van der Waals surface area contributed by atoms with Crippen molar-refractivity contribution in [1.82, 2.24) is 10.6 Å². The fourth-order valence-electron chi connectivity index (χ4n) is 1.68. The van der Waals surface area contributed by atoms with Crippen LogP contribution < -0.4 is 10.6 Å². The number of hydrogen-bond acceptors (Lipinski definition) is 8. The molecule has 2 N–H and O–H groups in total. The number of rotatable bonds is 14. The Hall–Kier alpha value is -2.39. The Kier molecular flexibility index (Phi) is 15.5. The first kappa shape index (κ1) is 24.6. The molecule has 0 unspecified atom stereocenters. The zero-order valence-corrected chi connectivity index (χ0v) is 15.2. The molecule has 12 heteroatoms. The highest BCUT2D eigenvalue weighted by Gasteiger charge is 2.03. The average molecular weight is 382 g/mol. The van der Waals surface area contributed by atoms with Crippen LogP contribution in [0.15, 0.2) is 0 Å². The van der Waals surface area contributed by atoms with E-state index in [0.717, 1.165) is 6.42 Å². The molecular weight excluding hydrogens is 358 g/mol. The van der Waals surface area contributed by atoms with Gasteiger partial charge in [-0.3, -0.25) is 9.59 Å². The molecule has 0 aliphatic heterocycles. The van der Waals surface area contributed by atoms with Crippen LogP contribution in [0.2, 0.25) is 0 Å². The quantitative estimate of drug-likeness (QED) is 0.259. The lowest BCUT2D eigenvalue weighted by Gasteiger charge is -2.08. The van der Waals surface area contributed by atoms with Crippen LogP contribution in [-0.2, 0) is 18.9 Å². The molecule has 0 aromatic rings. The molecule has 0 saturated heterocycles. The Bertz CT molecular complexity index is 425. The second-order valence-electron chi connectivity index (χ2n) is 5.23. The van der Waals surface area contributed by atoms with Crippen molar-refractivity contribution >= 4 is 39.6 Å². The minimum absolute atomic E-state index is 0.129. The van der Waals surface area contributed by atoms with Gasteiger partial charge in [0.15, 0.2) is 0 Å². The van der Waals surface area contributed by atoms with Gasteiger partial charge in [-0.05, 0) is 32.1 Å². The van der Waals surface area contributed by atoms with Crippen molar-refractivity contribution < 1.29 is 38.1 Å². The second-order valence-corrected chi connectivity index (χ2v) is 5.23. The summed E-state index contributed by atoms with van der Waals surface area (Å²) in [4.78, 5) is 43.3. The van der Waals surface area contributed by atoms with Crippen molar-refractivity contribution in [3.05, 3.63) is 0 Å². The third kappa shape index (κ3) is 19.8. The van der Waals surface area contributed by atoms with Gasteiger partial charge in [0.25, 0.3) is 0 Å². The fraction of sp³-hybridized carbons (Fsp3) is 0.733. The summed E-state index contributed by atoms with van der Waals surface area (Å²) < 4.78 is 18.9. The normalized spacial score (nSPS) is 9.78. The number of alkyl carbamates (subject to hydrolysis) is 2. The highest BCUT2D eigenvalue weighted by atomic mass is 16.6. The van der Waals surface area contributed by atoms with Crippen molar-refractivity contribution in [3.63, 3.8) is 0 Å². The second kappa shape index (κ2) is 17.0. The van der Waals surface area contributed by atoms with Crippen LogP contribution in [0.25, 0.3) is 0 Å². The highest BCUT2D eigenvalue weighted by molar-refractivity contribution is 6.55. The van der Waals surface area contributed by atoms with Gasteiger partial charge in [-0.1, -0.05) is 0 Å². The minimum atomic E-state index is -0.853. The zero-order chi connectivity index (χ0) is 20.3. The Morgan fingerprint density at radius 3 is 1.30 bits per heavy atom. The average Bonchev–Trinajstić information content (AvgIpc) is 2.59. The predicted octanol–water partition coefficient (Wildman–Crippen LogP) is 1.000. The fourth-order valence-corrected chi connectivity index (χ4v) is 1.68. The maximum Gasteiger partial charge on any atom is 0.407 e. The largest absolute Gasteiger partial charge is 0.475 e. The number of ether oxygens (including phenoxy) is 4. The van der Waals surface area contributed by atoms with E-state index in [1.165, 1.54) is 0 Å². The molecular formula is C15H24B2N2O8. The maximum atomic E-state index is 11.3. The van der Waals surface area contributed by atoms with E-state index < -0.39 is 23.9 Å². The van der Waals surface area contributed by atoms with Gasteiger partial charge in [-0.25, -0.2) is 9.59 Å². The van der Waals surface area contributed by atoms with Crippen molar-refractivity contribution in [2.24, 2.45) is 0 Å². The van der Waals surface area contributed by atoms with Crippen LogP contribution in [0.3, 0.4) is 0 Å². The van der Waals surface area contributed by atoms with E-state index in [1.54, 1.807) is 0 Å². The molecule has 0 saturated carbocycles. The summed E-state index contributed by atoms with van der Waals surface area (Å²) in [5.41, 5.74) is 0. The lowest BCUT2D eigenvalue weighted by atomic mass is 10.2. The summed E-state index contributed by atoms with van der Waals surface area (Å²) >= 11 is 0. The third-order valence-corrected chi connectivity index (χ3v) is 2.92. The van der Waals surface area contributed by atoms with Crippen molar-refractivity contribution in [2.75, 3.05) is 39.5 Å². The Labute approximate surface area is 160 Å². The molecule has 0 aromatic heterocycles. The van der Waals surface area contributed by atoms with Gasteiger partial charge in [0, 0.05) is 13.1 Å². The summed E-state index contributed by atoms with van der Waals surface area (Å²) in [6.45, 7) is 1.37. The van der Waals surface area contributed by atoms with Crippen LogP contribution in [0.1, 0.15) is 32.1 Å². The van der Waals surface area contributed by atoms with Gasteiger partial charge in [0.1, 0.15) is 0 Å². The van der Waals surface area contributed by atoms with Crippen LogP contribution in [0.4, 0.5) is 19.2 Å². The van der Waals surface area contributed by atoms with Gasteiger partial charge < -0.3 is 29.6 Å². The van der Waals surface area contributed by atoms with E-state index in [0.29, 0.717) is 38.8 Å². The standard InChI is InChI=1S/C15H24B2N2O8/c16-12(20)24-10-4-6-18-14(22)26-8-2-1-3-9-27-15(23)19-7-5-11-25-13(17)21/h1-11H2,(H,18,22)(H,19,23). The molecule has 0 atom stereocenters. The molecule has 0 spiro atoms. The first-order chi connectivity index (χ1) is 12.9. The van der Waals surface area contributed by atoms with E-state index in [1.807, 2.05) is 0 Å². The molecule has 4 radical (unpaired) electrons. The molecule has 0 rings (SSSR count). The van der Waals surface area contributed by atoms with E-state index in [4.69, 9.17) is 25.2 Å². The summed E-state index contributed by atoms with van der Waals surface area (Å²) in [6.07, 6.45) is 1.77. The summed E-state index contributed by atoms with van der Waals surface area (Å²) in [5.74, 6) is -1.71. The van der Waals surface area contributed by atoms with Gasteiger partial charge >= 0.3 is 12.2 Å². The molecule has 148 valence electrons. The Morgan fingerprint density at radius 1 is 0.556 bits per heavy atom. The van der Waals surface area contributed by atoms with E-state index >= 15 is 0 Å². The Morgan fingerprint density at radius 2 is 0.926 bits per heavy atom. The number of hydrogen-bond donors (Lipinski definition) is 2. The molecule has 27 heavy (non-hydrogen) atoms. The number of carbonyl (C=O) groups excluding carboxylic acids is 4. The van der Waals surface area contributed by atoms with Crippen molar-refractivity contribution in [3.8, 4) is 0 Å². The van der Waals surface area contributed by atoms with E-state index in [9.17, 15) is 19.2 Å². The van der Waals surface area contributed by atoms with Crippen LogP contribution >= 0.6 is 0 Å². The smallest absolute Gasteiger partial charge is 0.407 e. The lowest BCUT2D eigenvalue weighted by Crippen LogP contribution is -2.27. The van der Waals surface area contributed by atoms with Crippen LogP contribution in [0, 0.1) is 0 Å². The summed E-state index contributed by atoms with van der Waals surface area (Å²) in [7, 11) is 9.57. The lowest BCUT2D eigenvalue weighted by molar-refractivity contribution is 0.135. The third-order valence-electron chi connectivity index (χ3n) is 2.92. The highest BCUT2D eigenvalue weighted by Crippen LogP contribution is 1.97. The minimum Gasteiger partial charge on any atom is -0.475 e. The predicted molar refractivity (Wildman–Crippen MR) is 96.0 cm³/mol. The monoisotopic (exact) mass is 382 g/mol. The molecule has 0 aromatic carbocycles. The number of carbonyl (C=O) groups is 4. The molecule has 0 aliphatic carbocycles. The SMILES string of the molecule is [B]C(=O)OCCCNC(=O)OCCCCCOC(=O)NCCCOC([B])=O. The van der Waals surface area contributed by atoms with Crippen LogP contribution in [0.5, 0.6) is 0 Å². The molecule has 2 amide bonds. The Balaban J connectivity index is 3.33. The first-order valence-electron chi connectivity index (χ1n) is 8.57. The molecule has 0 heterocycles. The molecule has 0 bridgehead atoms. The zero-order valence-electron chi connectivity index (χ0n) is 15.2. The van der Waals surface area contributed by atoms with Gasteiger partial charge in [0.2, 0.25) is 27.4 Å². The molecule has 10 nitrogen and oxygen atoms in total. The van der Waals surface area contributed by atoms with E-state index in [-0.39, 0.29) is 26.4 Å². The molecule has 0 aliphatic rings.